The zero-order chi connectivity index (χ0) is 23.3. The molecule has 31 heavy (non-hydrogen) atoms. The number of carbonyl (C=O) groups excluding carboxylic acids is 1. The van der Waals surface area contributed by atoms with E-state index in [0.717, 1.165) is 19.3 Å². The van der Waals surface area contributed by atoms with Crippen molar-refractivity contribution < 1.29 is 29.3 Å². The average Bonchev–Trinajstić information content (AvgIpc) is 2.73. The van der Waals surface area contributed by atoms with Crippen LogP contribution in [-0.2, 0) is 19.1 Å². The molecule has 0 aromatic heterocycles. The van der Waals surface area contributed by atoms with Crippen molar-refractivity contribution in [2.45, 2.75) is 111 Å². The first-order valence-corrected chi connectivity index (χ1v) is 12.4. The van der Waals surface area contributed by atoms with Crippen molar-refractivity contribution in [2.24, 2.45) is 23.2 Å². The molecule has 6 nitrogen and oxygen atoms in total. The van der Waals surface area contributed by atoms with E-state index in [2.05, 4.69) is 20.8 Å². The van der Waals surface area contributed by atoms with E-state index < -0.39 is 35.7 Å². The smallest absolute Gasteiger partial charge is 0.309 e. The van der Waals surface area contributed by atoms with Gasteiger partial charge in [0.25, 0.3) is 0 Å². The molecule has 3 atom stereocenters. The molecular weight excluding hydrogens is 396 g/mol. The highest BCUT2D eigenvalue weighted by Crippen LogP contribution is 2.40. The summed E-state index contributed by atoms with van der Waals surface area (Å²) in [6.07, 6.45) is 13.6. The molecule has 0 heterocycles. The molecule has 2 N–H and O–H groups in total. The van der Waals surface area contributed by atoms with Crippen molar-refractivity contribution in [2.75, 3.05) is 6.61 Å². The molecule has 1 saturated carbocycles. The Kier molecular flexibility index (Phi) is 12.8. The molecule has 0 saturated heterocycles. The summed E-state index contributed by atoms with van der Waals surface area (Å²) >= 11 is 0. The maximum atomic E-state index is 12.4. The van der Waals surface area contributed by atoms with Crippen molar-refractivity contribution >= 4 is 17.9 Å². The second-order valence-corrected chi connectivity index (χ2v) is 9.48. The number of hydrogen-bond donors (Lipinski definition) is 2. The minimum absolute atomic E-state index is 0.000532. The van der Waals surface area contributed by atoms with Gasteiger partial charge in [-0.25, -0.2) is 0 Å². The third-order valence-corrected chi connectivity index (χ3v) is 7.01. The lowest BCUT2D eigenvalue weighted by molar-refractivity contribution is -0.163. The molecule has 1 rings (SSSR count). The predicted molar refractivity (Wildman–Crippen MR) is 121 cm³/mol. The molecule has 1 aliphatic rings. The normalized spacial score (nSPS) is 21.6. The number of carboxylic acid groups (broad SMARTS) is 2. The monoisotopic (exact) mass is 440 g/mol. The summed E-state index contributed by atoms with van der Waals surface area (Å²) in [4.78, 5) is 35.1. The van der Waals surface area contributed by atoms with Gasteiger partial charge in [-0.05, 0) is 56.8 Å². The van der Waals surface area contributed by atoms with E-state index in [1.165, 1.54) is 51.4 Å². The standard InChI is InChI=1S/C25H44O6/c1-4-13-25(14-5-2,15-6-3)16-9-7-8-10-17-31-24(30)20-12-11-19(22(26)27)18-21(20)23(28)29/h19-21H,4-18H2,1-3H3,(H,26,27)(H,28,29). The first kappa shape index (κ1) is 27.4. The van der Waals surface area contributed by atoms with E-state index in [9.17, 15) is 19.5 Å². The summed E-state index contributed by atoms with van der Waals surface area (Å²) in [5.74, 6) is -4.96. The number of hydrogen-bond acceptors (Lipinski definition) is 4. The summed E-state index contributed by atoms with van der Waals surface area (Å²) in [5.41, 5.74) is 0.491. The van der Waals surface area contributed by atoms with E-state index >= 15 is 0 Å². The number of aliphatic carboxylic acids is 2. The van der Waals surface area contributed by atoms with E-state index in [4.69, 9.17) is 9.84 Å². The highest BCUT2D eigenvalue weighted by Gasteiger charge is 2.42. The average molecular weight is 441 g/mol. The topological polar surface area (TPSA) is 101 Å². The fourth-order valence-electron chi connectivity index (χ4n) is 5.53. The number of unbranched alkanes of at least 4 members (excludes halogenated alkanes) is 3. The molecule has 6 heteroatoms. The molecule has 0 spiro atoms. The first-order chi connectivity index (χ1) is 14.8. The van der Waals surface area contributed by atoms with Crippen LogP contribution in [0.3, 0.4) is 0 Å². The van der Waals surface area contributed by atoms with Gasteiger partial charge in [-0.2, -0.15) is 0 Å². The van der Waals surface area contributed by atoms with Gasteiger partial charge in [0.1, 0.15) is 0 Å². The highest BCUT2D eigenvalue weighted by molar-refractivity contribution is 5.82. The lowest BCUT2D eigenvalue weighted by atomic mass is 9.72. The lowest BCUT2D eigenvalue weighted by Crippen LogP contribution is -2.38. The number of carbonyl (C=O) groups is 3. The Labute approximate surface area is 188 Å². The fourth-order valence-corrected chi connectivity index (χ4v) is 5.53. The molecule has 0 bridgehead atoms. The number of esters is 1. The van der Waals surface area contributed by atoms with Crippen LogP contribution in [0.5, 0.6) is 0 Å². The number of carboxylic acids is 2. The Morgan fingerprint density at radius 3 is 1.87 bits per heavy atom. The zero-order valence-corrected chi connectivity index (χ0v) is 19.9. The van der Waals surface area contributed by atoms with E-state index in [1.807, 2.05) is 0 Å². The quantitative estimate of drug-likeness (QED) is 0.223. The van der Waals surface area contributed by atoms with Crippen LogP contribution < -0.4 is 0 Å². The molecule has 0 amide bonds. The maximum Gasteiger partial charge on any atom is 0.309 e. The summed E-state index contributed by atoms with van der Waals surface area (Å²) in [5, 5.41) is 18.5. The second kappa shape index (κ2) is 14.5. The molecule has 0 aromatic rings. The zero-order valence-electron chi connectivity index (χ0n) is 19.9. The van der Waals surface area contributed by atoms with Gasteiger partial charge in [0.05, 0.1) is 24.4 Å². The third-order valence-electron chi connectivity index (χ3n) is 7.01. The summed E-state index contributed by atoms with van der Waals surface area (Å²) in [6, 6.07) is 0. The molecule has 0 aliphatic heterocycles. The van der Waals surface area contributed by atoms with E-state index in [0.29, 0.717) is 18.4 Å². The van der Waals surface area contributed by atoms with Crippen LogP contribution in [0.15, 0.2) is 0 Å². The van der Waals surface area contributed by atoms with Crippen LogP contribution in [0.1, 0.15) is 111 Å². The van der Waals surface area contributed by atoms with Gasteiger partial charge in [0.15, 0.2) is 0 Å². The van der Waals surface area contributed by atoms with Gasteiger partial charge in [-0.3, -0.25) is 14.4 Å². The van der Waals surface area contributed by atoms with Gasteiger partial charge in [0.2, 0.25) is 0 Å². The van der Waals surface area contributed by atoms with Gasteiger partial charge >= 0.3 is 17.9 Å². The van der Waals surface area contributed by atoms with Gasteiger partial charge in [-0.15, -0.1) is 0 Å². The van der Waals surface area contributed by atoms with E-state index in [1.54, 1.807) is 0 Å². The Morgan fingerprint density at radius 1 is 0.774 bits per heavy atom. The van der Waals surface area contributed by atoms with Crippen molar-refractivity contribution in [3.8, 4) is 0 Å². The fraction of sp³-hybridized carbons (Fsp3) is 0.880. The number of rotatable bonds is 16. The SMILES string of the molecule is CCCC(CCC)(CCC)CCCCCCOC(=O)C1CCC(C(=O)O)CC1C(=O)O. The number of ether oxygens (including phenoxy) is 1. The predicted octanol–water partition coefficient (Wildman–Crippen LogP) is 6.07. The van der Waals surface area contributed by atoms with Crippen molar-refractivity contribution in [3.63, 3.8) is 0 Å². The van der Waals surface area contributed by atoms with Crippen LogP contribution in [0, 0.1) is 23.2 Å². The highest BCUT2D eigenvalue weighted by atomic mass is 16.5. The summed E-state index contributed by atoms with van der Waals surface area (Å²) < 4.78 is 5.37. The largest absolute Gasteiger partial charge is 0.481 e. The van der Waals surface area contributed by atoms with Gasteiger partial charge in [0, 0.05) is 0 Å². The molecular formula is C25H44O6. The molecule has 1 fully saturated rings. The molecule has 3 unspecified atom stereocenters. The van der Waals surface area contributed by atoms with Crippen molar-refractivity contribution in [3.05, 3.63) is 0 Å². The molecule has 180 valence electrons. The van der Waals surface area contributed by atoms with Crippen molar-refractivity contribution in [1.29, 1.82) is 0 Å². The van der Waals surface area contributed by atoms with Crippen LogP contribution in [0.2, 0.25) is 0 Å². The molecule has 0 aromatic carbocycles. The Bertz CT molecular complexity index is 541. The second-order valence-electron chi connectivity index (χ2n) is 9.48. The van der Waals surface area contributed by atoms with Crippen LogP contribution in [-0.4, -0.2) is 34.7 Å². The van der Waals surface area contributed by atoms with Gasteiger partial charge in [-0.1, -0.05) is 59.3 Å². The van der Waals surface area contributed by atoms with Gasteiger partial charge < -0.3 is 14.9 Å². The Hall–Kier alpha value is -1.59. The van der Waals surface area contributed by atoms with E-state index in [-0.39, 0.29) is 12.8 Å². The van der Waals surface area contributed by atoms with Crippen LogP contribution in [0.25, 0.3) is 0 Å². The maximum absolute atomic E-state index is 12.4. The molecule has 1 aliphatic carbocycles. The first-order valence-electron chi connectivity index (χ1n) is 12.4. The Balaban J connectivity index is 2.35. The van der Waals surface area contributed by atoms with Crippen molar-refractivity contribution in [1.82, 2.24) is 0 Å². The molecule has 0 radical (unpaired) electrons. The minimum Gasteiger partial charge on any atom is -0.481 e. The van der Waals surface area contributed by atoms with Crippen LogP contribution in [0.4, 0.5) is 0 Å². The Morgan fingerprint density at radius 2 is 1.35 bits per heavy atom. The van der Waals surface area contributed by atoms with Crippen LogP contribution >= 0.6 is 0 Å². The summed E-state index contributed by atoms with van der Waals surface area (Å²) in [7, 11) is 0. The summed E-state index contributed by atoms with van der Waals surface area (Å²) in [6.45, 7) is 7.14. The minimum atomic E-state index is -1.11. The lowest BCUT2D eigenvalue weighted by Gasteiger charge is -2.34. The third kappa shape index (κ3) is 9.20.